The highest BCUT2D eigenvalue weighted by molar-refractivity contribution is 5.81. The van der Waals surface area contributed by atoms with Gasteiger partial charge in [0.05, 0.1) is 11.9 Å². The summed E-state index contributed by atoms with van der Waals surface area (Å²) in [7, 11) is 0. The summed E-state index contributed by atoms with van der Waals surface area (Å²) in [6.07, 6.45) is 4.03. The number of hydrogen-bond acceptors (Lipinski definition) is 2. The number of carboxylic acid groups (broad SMARTS) is 1. The lowest BCUT2D eigenvalue weighted by Crippen LogP contribution is -2.43. The van der Waals surface area contributed by atoms with E-state index in [-0.39, 0.29) is 0 Å². The van der Waals surface area contributed by atoms with Crippen LogP contribution in [0.1, 0.15) is 30.7 Å². The van der Waals surface area contributed by atoms with Crippen molar-refractivity contribution in [2.45, 2.75) is 31.6 Å². The molecule has 1 aromatic heterocycles. The number of benzene rings is 1. The summed E-state index contributed by atoms with van der Waals surface area (Å²) < 4.78 is 0. The molecule has 1 heterocycles. The van der Waals surface area contributed by atoms with Crippen LogP contribution in [0, 0.1) is 6.92 Å². The SMILES string of the molecule is Cc1ccccc1-c1cnc(C2(C(=O)O)CCC2)[nH]1. The molecule has 0 aliphatic heterocycles. The Balaban J connectivity index is 2.01. The molecule has 4 nitrogen and oxygen atoms in total. The molecule has 2 aromatic rings. The van der Waals surface area contributed by atoms with Gasteiger partial charge in [-0.1, -0.05) is 30.7 Å². The van der Waals surface area contributed by atoms with Gasteiger partial charge in [0.15, 0.2) is 0 Å². The Kier molecular flexibility index (Phi) is 2.66. The lowest BCUT2D eigenvalue weighted by atomic mass is 9.68. The number of imidazole rings is 1. The zero-order chi connectivity index (χ0) is 13.5. The van der Waals surface area contributed by atoms with Gasteiger partial charge in [0.1, 0.15) is 11.2 Å². The molecule has 1 aliphatic carbocycles. The van der Waals surface area contributed by atoms with E-state index in [4.69, 9.17) is 0 Å². The van der Waals surface area contributed by atoms with Gasteiger partial charge >= 0.3 is 5.97 Å². The van der Waals surface area contributed by atoms with Crippen molar-refractivity contribution in [3.8, 4) is 11.3 Å². The molecule has 0 atom stereocenters. The largest absolute Gasteiger partial charge is 0.480 e. The lowest BCUT2D eigenvalue weighted by Gasteiger charge is -2.35. The van der Waals surface area contributed by atoms with E-state index in [1.807, 2.05) is 31.2 Å². The van der Waals surface area contributed by atoms with Crippen LogP contribution < -0.4 is 0 Å². The van der Waals surface area contributed by atoms with Gasteiger partial charge in [0.25, 0.3) is 0 Å². The van der Waals surface area contributed by atoms with E-state index in [2.05, 4.69) is 9.97 Å². The highest BCUT2D eigenvalue weighted by Crippen LogP contribution is 2.43. The van der Waals surface area contributed by atoms with Crippen molar-refractivity contribution in [2.24, 2.45) is 0 Å². The van der Waals surface area contributed by atoms with E-state index in [1.165, 1.54) is 0 Å². The molecule has 0 amide bonds. The molecule has 1 aliphatic rings. The van der Waals surface area contributed by atoms with Crippen molar-refractivity contribution in [1.29, 1.82) is 0 Å². The lowest BCUT2D eigenvalue weighted by molar-refractivity contribution is -0.147. The average molecular weight is 256 g/mol. The van der Waals surface area contributed by atoms with Crippen LogP contribution in [-0.2, 0) is 10.2 Å². The molecule has 3 rings (SSSR count). The van der Waals surface area contributed by atoms with E-state index >= 15 is 0 Å². The van der Waals surface area contributed by atoms with Crippen LogP contribution in [-0.4, -0.2) is 21.0 Å². The van der Waals surface area contributed by atoms with Crippen LogP contribution in [0.2, 0.25) is 0 Å². The van der Waals surface area contributed by atoms with Gasteiger partial charge < -0.3 is 10.1 Å². The molecule has 0 spiro atoms. The van der Waals surface area contributed by atoms with Gasteiger partial charge in [-0.05, 0) is 25.3 Å². The molecule has 1 fully saturated rings. The van der Waals surface area contributed by atoms with Gasteiger partial charge in [-0.2, -0.15) is 0 Å². The van der Waals surface area contributed by atoms with Crippen molar-refractivity contribution in [1.82, 2.24) is 9.97 Å². The fraction of sp³-hybridized carbons (Fsp3) is 0.333. The first kappa shape index (κ1) is 12.0. The third kappa shape index (κ3) is 1.75. The first-order valence-electron chi connectivity index (χ1n) is 6.48. The summed E-state index contributed by atoms with van der Waals surface area (Å²) in [6, 6.07) is 8.01. The number of carbonyl (C=O) groups is 1. The molecule has 0 bridgehead atoms. The van der Waals surface area contributed by atoms with Crippen LogP contribution in [0.25, 0.3) is 11.3 Å². The van der Waals surface area contributed by atoms with Crippen molar-refractivity contribution in [2.75, 3.05) is 0 Å². The number of rotatable bonds is 3. The van der Waals surface area contributed by atoms with Gasteiger partial charge in [-0.25, -0.2) is 4.98 Å². The van der Waals surface area contributed by atoms with Gasteiger partial charge in [0, 0.05) is 5.56 Å². The number of aryl methyl sites for hydroxylation is 1. The molecule has 4 heteroatoms. The summed E-state index contributed by atoms with van der Waals surface area (Å²) in [5.41, 5.74) is 2.32. The number of hydrogen-bond donors (Lipinski definition) is 2. The maximum atomic E-state index is 11.5. The standard InChI is InChI=1S/C15H16N2O2/c1-10-5-2-3-6-11(10)12-9-16-13(17-12)15(14(18)19)7-4-8-15/h2-3,5-6,9H,4,7-8H2,1H3,(H,16,17)(H,18,19). The van der Waals surface area contributed by atoms with Gasteiger partial charge in [-0.15, -0.1) is 0 Å². The second-order valence-corrected chi connectivity index (χ2v) is 5.20. The van der Waals surface area contributed by atoms with Gasteiger partial charge in [0.2, 0.25) is 0 Å². The summed E-state index contributed by atoms with van der Waals surface area (Å²) in [5, 5.41) is 9.41. The Bertz CT molecular complexity index is 627. The Morgan fingerprint density at radius 3 is 2.68 bits per heavy atom. The fourth-order valence-corrected chi connectivity index (χ4v) is 2.66. The molecular formula is C15H16N2O2. The maximum absolute atomic E-state index is 11.5. The van der Waals surface area contributed by atoms with E-state index in [9.17, 15) is 9.90 Å². The number of aliphatic carboxylic acids is 1. The number of aromatic amines is 1. The van der Waals surface area contributed by atoms with E-state index in [0.717, 1.165) is 23.2 Å². The quantitative estimate of drug-likeness (QED) is 0.887. The Labute approximate surface area is 111 Å². The summed E-state index contributed by atoms with van der Waals surface area (Å²) in [5.74, 6) is -0.186. The predicted molar refractivity (Wildman–Crippen MR) is 71.9 cm³/mol. The molecule has 1 aromatic carbocycles. The molecule has 0 radical (unpaired) electrons. The molecule has 0 unspecified atom stereocenters. The molecular weight excluding hydrogens is 240 g/mol. The normalized spacial score (nSPS) is 16.9. The molecule has 1 saturated carbocycles. The summed E-state index contributed by atoms with van der Waals surface area (Å²) in [6.45, 7) is 2.03. The minimum atomic E-state index is -0.791. The van der Waals surface area contributed by atoms with Crippen molar-refractivity contribution >= 4 is 5.97 Å². The van der Waals surface area contributed by atoms with Crippen LogP contribution in [0.4, 0.5) is 0 Å². The van der Waals surface area contributed by atoms with E-state index in [0.29, 0.717) is 18.7 Å². The summed E-state index contributed by atoms with van der Waals surface area (Å²) in [4.78, 5) is 19.0. The number of nitrogens with zero attached hydrogens (tertiary/aromatic N) is 1. The second kappa shape index (κ2) is 4.23. The van der Waals surface area contributed by atoms with Crippen LogP contribution in [0.3, 0.4) is 0 Å². The fourth-order valence-electron chi connectivity index (χ4n) is 2.66. The first-order chi connectivity index (χ1) is 9.13. The van der Waals surface area contributed by atoms with E-state index in [1.54, 1.807) is 6.20 Å². The highest BCUT2D eigenvalue weighted by atomic mass is 16.4. The monoisotopic (exact) mass is 256 g/mol. The van der Waals surface area contributed by atoms with Crippen LogP contribution in [0.15, 0.2) is 30.5 Å². The van der Waals surface area contributed by atoms with E-state index < -0.39 is 11.4 Å². The van der Waals surface area contributed by atoms with Crippen molar-refractivity contribution < 1.29 is 9.90 Å². The summed E-state index contributed by atoms with van der Waals surface area (Å²) >= 11 is 0. The van der Waals surface area contributed by atoms with Crippen molar-refractivity contribution in [3.05, 3.63) is 41.9 Å². The highest BCUT2D eigenvalue weighted by Gasteiger charge is 2.48. The maximum Gasteiger partial charge on any atom is 0.317 e. The number of nitrogens with one attached hydrogen (secondary N) is 1. The molecule has 19 heavy (non-hydrogen) atoms. The minimum Gasteiger partial charge on any atom is -0.480 e. The molecule has 98 valence electrons. The Morgan fingerprint density at radius 1 is 1.37 bits per heavy atom. The topological polar surface area (TPSA) is 66.0 Å². The third-order valence-corrected chi connectivity index (χ3v) is 4.08. The predicted octanol–water partition coefficient (Wildman–Crippen LogP) is 2.89. The second-order valence-electron chi connectivity index (χ2n) is 5.20. The van der Waals surface area contributed by atoms with Gasteiger partial charge in [-0.3, -0.25) is 4.79 Å². The number of carboxylic acids is 1. The zero-order valence-electron chi connectivity index (χ0n) is 10.8. The first-order valence-corrected chi connectivity index (χ1v) is 6.48. The van der Waals surface area contributed by atoms with Crippen LogP contribution >= 0.6 is 0 Å². The minimum absolute atomic E-state index is 0.588. The third-order valence-electron chi connectivity index (χ3n) is 4.08. The Morgan fingerprint density at radius 2 is 2.11 bits per heavy atom. The Hall–Kier alpha value is -2.10. The zero-order valence-corrected chi connectivity index (χ0v) is 10.8. The average Bonchev–Trinajstić information content (AvgIpc) is 2.77. The van der Waals surface area contributed by atoms with Crippen LogP contribution in [0.5, 0.6) is 0 Å². The van der Waals surface area contributed by atoms with Crippen molar-refractivity contribution in [3.63, 3.8) is 0 Å². The smallest absolute Gasteiger partial charge is 0.317 e. The number of H-pyrrole nitrogens is 1. The number of aromatic nitrogens is 2. The molecule has 0 saturated heterocycles. The molecule has 2 N–H and O–H groups in total.